The molecule has 146 valence electrons. The molecule has 1 aromatic carbocycles. The fourth-order valence-corrected chi connectivity index (χ4v) is 3.84. The van der Waals surface area contributed by atoms with Crippen molar-refractivity contribution < 1.29 is 8.42 Å². The second-order valence-electron chi connectivity index (χ2n) is 5.91. The van der Waals surface area contributed by atoms with Gasteiger partial charge in [0.25, 0.3) is 0 Å². The molecule has 0 amide bonds. The molecule has 1 aromatic heterocycles. The van der Waals surface area contributed by atoms with Crippen LogP contribution in [0.15, 0.2) is 58.5 Å². The van der Waals surface area contributed by atoms with Gasteiger partial charge in [0.15, 0.2) is 15.8 Å². The van der Waals surface area contributed by atoms with Crippen molar-refractivity contribution in [1.29, 1.82) is 0 Å². The number of aliphatic imine (C=N–C) groups is 1. The summed E-state index contributed by atoms with van der Waals surface area (Å²) >= 11 is 5.78. The summed E-state index contributed by atoms with van der Waals surface area (Å²) < 4.78 is 24.5. The Morgan fingerprint density at radius 2 is 1.93 bits per heavy atom. The zero-order valence-corrected chi connectivity index (χ0v) is 16.9. The van der Waals surface area contributed by atoms with Gasteiger partial charge in [0, 0.05) is 25.8 Å². The molecule has 2 N–H and O–H groups in total. The lowest BCUT2D eigenvalue weighted by molar-refractivity contribution is 0.593. The molecule has 2 rings (SSSR count). The lowest BCUT2D eigenvalue weighted by atomic mass is 10.2. The van der Waals surface area contributed by atoms with Crippen molar-refractivity contribution in [3.05, 3.63) is 59.4 Å². The van der Waals surface area contributed by atoms with E-state index in [0.717, 1.165) is 18.5 Å². The second kappa shape index (κ2) is 10.9. The zero-order chi connectivity index (χ0) is 19.5. The highest BCUT2D eigenvalue weighted by Crippen LogP contribution is 2.11. The highest BCUT2D eigenvalue weighted by atomic mass is 35.5. The molecular weight excluding hydrogens is 384 g/mol. The van der Waals surface area contributed by atoms with Crippen LogP contribution in [0.4, 0.5) is 0 Å². The first-order chi connectivity index (χ1) is 13.0. The van der Waals surface area contributed by atoms with Crippen molar-refractivity contribution >= 4 is 27.4 Å². The van der Waals surface area contributed by atoms with E-state index in [-0.39, 0.29) is 5.75 Å². The Morgan fingerprint density at radius 1 is 1.15 bits per heavy atom. The number of halogens is 1. The SMILES string of the molecule is CCNC(=NCCCS(=O)(=O)c1ccccc1)NCCc1ccc(Cl)nc1. The minimum absolute atomic E-state index is 0.0797. The van der Waals surface area contributed by atoms with Gasteiger partial charge in [0.1, 0.15) is 5.15 Å². The Balaban J connectivity index is 1.79. The van der Waals surface area contributed by atoms with Crippen molar-refractivity contribution in [3.8, 4) is 0 Å². The summed E-state index contributed by atoms with van der Waals surface area (Å²) in [6.07, 6.45) is 3.01. The molecule has 0 spiro atoms. The Morgan fingerprint density at radius 3 is 2.59 bits per heavy atom. The largest absolute Gasteiger partial charge is 0.357 e. The van der Waals surface area contributed by atoms with Crippen LogP contribution in [0.25, 0.3) is 0 Å². The zero-order valence-electron chi connectivity index (χ0n) is 15.4. The van der Waals surface area contributed by atoms with E-state index < -0.39 is 9.84 Å². The van der Waals surface area contributed by atoms with Crippen LogP contribution in [0.1, 0.15) is 18.9 Å². The average molecular weight is 409 g/mol. The van der Waals surface area contributed by atoms with Gasteiger partial charge in [-0.3, -0.25) is 4.99 Å². The first kappa shape index (κ1) is 21.2. The monoisotopic (exact) mass is 408 g/mol. The van der Waals surface area contributed by atoms with Crippen LogP contribution < -0.4 is 10.6 Å². The first-order valence-electron chi connectivity index (χ1n) is 8.91. The third-order valence-corrected chi connectivity index (χ3v) is 5.82. The number of nitrogens with one attached hydrogen (secondary N) is 2. The van der Waals surface area contributed by atoms with E-state index in [4.69, 9.17) is 11.6 Å². The summed E-state index contributed by atoms with van der Waals surface area (Å²) in [5.74, 6) is 0.757. The van der Waals surface area contributed by atoms with Crippen molar-refractivity contribution in [3.63, 3.8) is 0 Å². The standard InChI is InChI=1S/C19H25ClN4O2S/c1-2-21-19(23-13-11-16-9-10-18(20)24-15-16)22-12-6-14-27(25,26)17-7-4-3-5-8-17/h3-5,7-10,15H,2,6,11-14H2,1H3,(H2,21,22,23). The lowest BCUT2D eigenvalue weighted by Crippen LogP contribution is -2.38. The lowest BCUT2D eigenvalue weighted by Gasteiger charge is -2.11. The minimum Gasteiger partial charge on any atom is -0.357 e. The normalized spacial score (nSPS) is 12.0. The van der Waals surface area contributed by atoms with Crippen LogP contribution in [0, 0.1) is 0 Å². The summed E-state index contributed by atoms with van der Waals surface area (Å²) in [6, 6.07) is 12.2. The predicted molar refractivity (Wildman–Crippen MR) is 110 cm³/mol. The Labute approximate surface area is 166 Å². The number of benzene rings is 1. The van der Waals surface area contributed by atoms with E-state index in [9.17, 15) is 8.42 Å². The fourth-order valence-electron chi connectivity index (χ4n) is 2.41. The molecule has 1 heterocycles. The van der Waals surface area contributed by atoms with E-state index in [1.54, 1.807) is 42.6 Å². The van der Waals surface area contributed by atoms with E-state index in [1.807, 2.05) is 13.0 Å². The van der Waals surface area contributed by atoms with Crippen molar-refractivity contribution in [1.82, 2.24) is 15.6 Å². The van der Waals surface area contributed by atoms with E-state index in [1.165, 1.54) is 0 Å². The molecule has 0 unspecified atom stereocenters. The number of hydrogen-bond donors (Lipinski definition) is 2. The van der Waals surface area contributed by atoms with Gasteiger partial charge in [-0.1, -0.05) is 35.9 Å². The van der Waals surface area contributed by atoms with Crippen LogP contribution in [-0.2, 0) is 16.3 Å². The van der Waals surface area contributed by atoms with Gasteiger partial charge in [-0.2, -0.15) is 0 Å². The molecule has 2 aromatic rings. The molecule has 0 saturated heterocycles. The second-order valence-corrected chi connectivity index (χ2v) is 8.41. The Hall–Kier alpha value is -2.12. The molecule has 0 radical (unpaired) electrons. The topological polar surface area (TPSA) is 83.5 Å². The van der Waals surface area contributed by atoms with Gasteiger partial charge in [-0.15, -0.1) is 0 Å². The smallest absolute Gasteiger partial charge is 0.191 e. The first-order valence-corrected chi connectivity index (χ1v) is 10.9. The Bertz CT molecular complexity index is 825. The molecule has 0 atom stereocenters. The fraction of sp³-hybridized carbons (Fsp3) is 0.368. The third kappa shape index (κ3) is 7.56. The maximum Gasteiger partial charge on any atom is 0.191 e. The predicted octanol–water partition coefficient (Wildman–Crippen LogP) is 2.70. The minimum atomic E-state index is -3.25. The number of aromatic nitrogens is 1. The number of sulfone groups is 1. The molecule has 27 heavy (non-hydrogen) atoms. The number of rotatable bonds is 9. The Kier molecular flexibility index (Phi) is 8.54. The van der Waals surface area contributed by atoms with Crippen molar-refractivity contribution in [2.24, 2.45) is 4.99 Å². The molecule has 0 aliphatic heterocycles. The number of hydrogen-bond acceptors (Lipinski definition) is 4. The van der Waals surface area contributed by atoms with Crippen molar-refractivity contribution in [2.45, 2.75) is 24.7 Å². The van der Waals surface area contributed by atoms with Crippen molar-refractivity contribution in [2.75, 3.05) is 25.4 Å². The molecular formula is C19H25ClN4O2S. The van der Waals surface area contributed by atoms with Crippen LogP contribution in [0.2, 0.25) is 5.15 Å². The van der Waals surface area contributed by atoms with Crippen LogP contribution in [-0.4, -0.2) is 44.7 Å². The van der Waals surface area contributed by atoms with Gasteiger partial charge >= 0.3 is 0 Å². The maximum absolute atomic E-state index is 12.3. The van der Waals surface area contributed by atoms with Gasteiger partial charge in [0.2, 0.25) is 0 Å². The van der Waals surface area contributed by atoms with E-state index in [0.29, 0.717) is 35.5 Å². The summed E-state index contributed by atoms with van der Waals surface area (Å²) in [4.78, 5) is 8.86. The molecule has 6 nitrogen and oxygen atoms in total. The van der Waals surface area contributed by atoms with Gasteiger partial charge in [-0.05, 0) is 43.5 Å². The van der Waals surface area contributed by atoms with E-state index >= 15 is 0 Å². The highest BCUT2D eigenvalue weighted by Gasteiger charge is 2.12. The average Bonchev–Trinajstić information content (AvgIpc) is 2.67. The highest BCUT2D eigenvalue weighted by molar-refractivity contribution is 7.91. The number of nitrogens with zero attached hydrogens (tertiary/aromatic N) is 2. The third-order valence-electron chi connectivity index (χ3n) is 3.78. The summed E-state index contributed by atoms with van der Waals surface area (Å²) in [5.41, 5.74) is 1.08. The summed E-state index contributed by atoms with van der Waals surface area (Å²) in [7, 11) is -3.25. The molecule has 0 fully saturated rings. The molecule has 0 aliphatic carbocycles. The molecule has 0 bridgehead atoms. The molecule has 0 aliphatic rings. The molecule has 8 heteroatoms. The van der Waals surface area contributed by atoms with Gasteiger partial charge in [-0.25, -0.2) is 13.4 Å². The summed E-state index contributed by atoms with van der Waals surface area (Å²) in [5, 5.41) is 6.88. The summed E-state index contributed by atoms with van der Waals surface area (Å²) in [6.45, 7) is 3.85. The van der Waals surface area contributed by atoms with Gasteiger partial charge in [0.05, 0.1) is 10.6 Å². The number of pyridine rings is 1. The number of guanidine groups is 1. The van der Waals surface area contributed by atoms with Crippen LogP contribution >= 0.6 is 11.6 Å². The maximum atomic E-state index is 12.3. The molecule has 0 saturated carbocycles. The quantitative estimate of drug-likeness (QED) is 0.288. The van der Waals surface area contributed by atoms with Crippen LogP contribution in [0.3, 0.4) is 0 Å². The van der Waals surface area contributed by atoms with Crippen LogP contribution in [0.5, 0.6) is 0 Å². The van der Waals surface area contributed by atoms with Gasteiger partial charge < -0.3 is 10.6 Å². The van der Waals surface area contributed by atoms with E-state index in [2.05, 4.69) is 20.6 Å².